The smallest absolute Gasteiger partial charge is 0.125 e. The lowest BCUT2D eigenvalue weighted by atomic mass is 10.1. The maximum Gasteiger partial charge on any atom is 0.125 e. The first kappa shape index (κ1) is 8.22. The second-order valence-corrected chi connectivity index (χ2v) is 2.15. The molecule has 2 nitrogen and oxygen atoms in total. The van der Waals surface area contributed by atoms with Gasteiger partial charge in [0.25, 0.3) is 0 Å². The van der Waals surface area contributed by atoms with Gasteiger partial charge in [0, 0.05) is 12.2 Å². The van der Waals surface area contributed by atoms with Crippen LogP contribution in [0.4, 0.5) is 0 Å². The van der Waals surface area contributed by atoms with Gasteiger partial charge in [-0.05, 0) is 11.1 Å². The average molecular weight is 158 g/mol. The van der Waals surface area contributed by atoms with Crippen molar-refractivity contribution in [3.05, 3.63) is 35.4 Å². The van der Waals surface area contributed by atoms with E-state index in [9.17, 15) is 9.59 Å². The van der Waals surface area contributed by atoms with E-state index in [4.69, 9.17) is 0 Å². The standard InChI is InChI=1S/C10H6O2/c11-7-5-9-3-1-2-4-10(9)6-8-12/h1-6H. The van der Waals surface area contributed by atoms with Crippen molar-refractivity contribution in [2.45, 2.75) is 0 Å². The Bertz CT molecular complexity index is 330. The fraction of sp³-hybridized carbons (Fsp3) is 0. The number of rotatable bonds is 2. The molecule has 0 saturated heterocycles. The van der Waals surface area contributed by atoms with Crippen molar-refractivity contribution in [3.63, 3.8) is 0 Å². The maximum absolute atomic E-state index is 10.0. The summed E-state index contributed by atoms with van der Waals surface area (Å²) in [7, 11) is 0. The molecular weight excluding hydrogens is 152 g/mol. The second-order valence-electron chi connectivity index (χ2n) is 2.15. The molecule has 0 aromatic heterocycles. The quantitative estimate of drug-likeness (QED) is 0.609. The highest BCUT2D eigenvalue weighted by Gasteiger charge is 1.93. The van der Waals surface area contributed by atoms with E-state index in [1.54, 1.807) is 36.1 Å². The molecule has 0 atom stereocenters. The Morgan fingerprint density at radius 3 is 1.67 bits per heavy atom. The molecule has 0 bridgehead atoms. The fourth-order valence-electron chi connectivity index (χ4n) is 0.901. The molecule has 0 aliphatic rings. The molecule has 0 aliphatic carbocycles. The Morgan fingerprint density at radius 2 is 1.33 bits per heavy atom. The van der Waals surface area contributed by atoms with Gasteiger partial charge in [-0.25, -0.2) is 9.59 Å². The van der Waals surface area contributed by atoms with Crippen LogP contribution in [-0.4, -0.2) is 11.9 Å². The van der Waals surface area contributed by atoms with Gasteiger partial charge < -0.3 is 0 Å². The number of benzene rings is 1. The lowest BCUT2D eigenvalue weighted by Crippen LogP contribution is -1.78. The van der Waals surface area contributed by atoms with Crippen molar-refractivity contribution in [1.82, 2.24) is 0 Å². The van der Waals surface area contributed by atoms with Crippen LogP contribution in [0.15, 0.2) is 24.3 Å². The van der Waals surface area contributed by atoms with E-state index in [1.165, 1.54) is 12.2 Å². The van der Waals surface area contributed by atoms with E-state index in [0.29, 0.717) is 11.1 Å². The Hall–Kier alpha value is -1.88. The lowest BCUT2D eigenvalue weighted by Gasteiger charge is -1.94. The van der Waals surface area contributed by atoms with Crippen molar-refractivity contribution in [2.75, 3.05) is 0 Å². The number of hydrogen-bond donors (Lipinski definition) is 0. The molecule has 0 spiro atoms. The summed E-state index contributed by atoms with van der Waals surface area (Å²) in [5.74, 6) is 3.32. The van der Waals surface area contributed by atoms with E-state index in [0.717, 1.165) is 0 Å². The lowest BCUT2D eigenvalue weighted by molar-refractivity contribution is 0.569. The number of carbonyl (C=O) groups excluding carboxylic acids is 2. The van der Waals surface area contributed by atoms with Gasteiger partial charge in [0.15, 0.2) is 0 Å². The predicted octanol–water partition coefficient (Wildman–Crippen LogP) is 1.38. The van der Waals surface area contributed by atoms with Crippen LogP contribution in [0, 0.1) is 0 Å². The van der Waals surface area contributed by atoms with Crippen LogP contribution in [-0.2, 0) is 9.59 Å². The van der Waals surface area contributed by atoms with Crippen LogP contribution < -0.4 is 0 Å². The third-order valence-corrected chi connectivity index (χ3v) is 1.42. The normalized spacial score (nSPS) is 8.00. The van der Waals surface area contributed by atoms with Gasteiger partial charge in [-0.1, -0.05) is 24.3 Å². The summed E-state index contributed by atoms with van der Waals surface area (Å²) in [6.45, 7) is 0. The largest absolute Gasteiger partial charge is 0.233 e. The van der Waals surface area contributed by atoms with Crippen molar-refractivity contribution in [3.8, 4) is 0 Å². The summed E-state index contributed by atoms with van der Waals surface area (Å²) in [5, 5.41) is 0. The van der Waals surface area contributed by atoms with Gasteiger partial charge in [-0.2, -0.15) is 0 Å². The molecule has 0 amide bonds. The zero-order valence-corrected chi connectivity index (χ0v) is 6.28. The topological polar surface area (TPSA) is 34.1 Å². The van der Waals surface area contributed by atoms with Gasteiger partial charge in [-0.3, -0.25) is 0 Å². The highest BCUT2D eigenvalue weighted by atomic mass is 16.1. The Morgan fingerprint density at radius 1 is 0.917 bits per heavy atom. The first-order valence-electron chi connectivity index (χ1n) is 3.39. The molecule has 2 heteroatoms. The van der Waals surface area contributed by atoms with Crippen molar-refractivity contribution in [1.29, 1.82) is 0 Å². The summed E-state index contributed by atoms with van der Waals surface area (Å²) in [6, 6.07) is 7.03. The molecule has 0 unspecified atom stereocenters. The zero-order chi connectivity index (χ0) is 8.81. The predicted molar refractivity (Wildman–Crippen MR) is 46.8 cm³/mol. The van der Waals surface area contributed by atoms with E-state index in [1.807, 2.05) is 0 Å². The summed E-state index contributed by atoms with van der Waals surface area (Å²) in [4.78, 5) is 20.1. The summed E-state index contributed by atoms with van der Waals surface area (Å²) in [6.07, 6.45) is 2.56. The van der Waals surface area contributed by atoms with E-state index >= 15 is 0 Å². The molecule has 0 saturated carbocycles. The third-order valence-electron chi connectivity index (χ3n) is 1.42. The van der Waals surface area contributed by atoms with E-state index in [2.05, 4.69) is 0 Å². The highest BCUT2D eigenvalue weighted by molar-refractivity contribution is 5.84. The molecule has 58 valence electrons. The van der Waals surface area contributed by atoms with Crippen LogP contribution >= 0.6 is 0 Å². The monoisotopic (exact) mass is 158 g/mol. The summed E-state index contributed by atoms with van der Waals surface area (Å²) in [5.41, 5.74) is 1.35. The van der Waals surface area contributed by atoms with E-state index in [-0.39, 0.29) is 0 Å². The third kappa shape index (κ3) is 1.80. The minimum absolute atomic E-state index is 0.677. The average Bonchev–Trinajstić information content (AvgIpc) is 2.09. The van der Waals surface area contributed by atoms with Crippen LogP contribution in [0.1, 0.15) is 11.1 Å². The molecule has 0 radical (unpaired) electrons. The maximum atomic E-state index is 10.0. The van der Waals surface area contributed by atoms with Crippen molar-refractivity contribution in [2.24, 2.45) is 0 Å². The molecular formula is C10H6O2. The van der Waals surface area contributed by atoms with Crippen molar-refractivity contribution < 1.29 is 9.59 Å². The molecule has 1 rings (SSSR count). The van der Waals surface area contributed by atoms with Gasteiger partial charge in [-0.15, -0.1) is 0 Å². The SMILES string of the molecule is O=C=Cc1ccccc1C=C=O. The molecule has 12 heavy (non-hydrogen) atoms. The molecule has 0 aliphatic heterocycles. The fourth-order valence-corrected chi connectivity index (χ4v) is 0.901. The Kier molecular flexibility index (Phi) is 2.80. The van der Waals surface area contributed by atoms with Crippen LogP contribution in [0.5, 0.6) is 0 Å². The van der Waals surface area contributed by atoms with Gasteiger partial charge in [0.1, 0.15) is 11.9 Å². The summed E-state index contributed by atoms with van der Waals surface area (Å²) < 4.78 is 0. The molecule has 1 aromatic rings. The zero-order valence-electron chi connectivity index (χ0n) is 6.28. The summed E-state index contributed by atoms with van der Waals surface area (Å²) >= 11 is 0. The van der Waals surface area contributed by atoms with Crippen LogP contribution in [0.25, 0.3) is 12.2 Å². The Balaban J connectivity index is 3.25. The highest BCUT2D eigenvalue weighted by Crippen LogP contribution is 2.09. The molecule has 0 N–H and O–H groups in total. The second kappa shape index (κ2) is 4.09. The molecule has 0 heterocycles. The first-order chi connectivity index (χ1) is 5.88. The molecule has 1 aromatic carbocycles. The van der Waals surface area contributed by atoms with Crippen molar-refractivity contribution >= 4 is 24.0 Å². The van der Waals surface area contributed by atoms with Crippen LogP contribution in [0.3, 0.4) is 0 Å². The van der Waals surface area contributed by atoms with Gasteiger partial charge in [0.05, 0.1) is 0 Å². The minimum atomic E-state index is 0.677. The first-order valence-corrected chi connectivity index (χ1v) is 3.39. The Labute approximate surface area is 69.8 Å². The number of hydrogen-bond acceptors (Lipinski definition) is 2. The van der Waals surface area contributed by atoms with Gasteiger partial charge in [0.2, 0.25) is 0 Å². The van der Waals surface area contributed by atoms with Gasteiger partial charge >= 0.3 is 0 Å². The molecule has 0 fully saturated rings. The van der Waals surface area contributed by atoms with E-state index < -0.39 is 0 Å². The minimum Gasteiger partial charge on any atom is -0.233 e. The van der Waals surface area contributed by atoms with Crippen LogP contribution in [0.2, 0.25) is 0 Å².